The van der Waals surface area contributed by atoms with E-state index in [-0.39, 0.29) is 0 Å². The predicted molar refractivity (Wildman–Crippen MR) is 70.7 cm³/mol. The maximum absolute atomic E-state index is 2.61. The highest BCUT2D eigenvalue weighted by Gasteiger charge is 2.39. The lowest BCUT2D eigenvalue weighted by Crippen LogP contribution is -2.48. The van der Waals surface area contributed by atoms with E-state index < -0.39 is 0 Å². The molecule has 94 valence electrons. The number of rotatable bonds is 0. The van der Waals surface area contributed by atoms with Gasteiger partial charge in [-0.3, -0.25) is 0 Å². The fourth-order valence-electron chi connectivity index (χ4n) is 4.00. The van der Waals surface area contributed by atoms with Crippen molar-refractivity contribution in [3.8, 4) is 0 Å². The molecule has 16 heavy (non-hydrogen) atoms. The second-order valence-electron chi connectivity index (χ2n) is 6.24. The Hall–Kier alpha value is -0.0400. The van der Waals surface area contributed by atoms with Crippen LogP contribution < -0.4 is 0 Å². The molecule has 0 bridgehead atoms. The van der Waals surface area contributed by atoms with E-state index in [2.05, 4.69) is 18.9 Å². The van der Waals surface area contributed by atoms with Gasteiger partial charge in [-0.05, 0) is 51.6 Å². The molecule has 1 heterocycles. The van der Waals surface area contributed by atoms with Crippen molar-refractivity contribution >= 4 is 0 Å². The van der Waals surface area contributed by atoms with Crippen LogP contribution in [0.1, 0.15) is 71.1 Å². The Morgan fingerprint density at radius 3 is 1.94 bits per heavy atom. The first-order chi connectivity index (χ1) is 7.75. The summed E-state index contributed by atoms with van der Waals surface area (Å²) in [5.41, 5.74) is 0.678. The topological polar surface area (TPSA) is 3.24 Å². The Balaban J connectivity index is 2.05. The van der Waals surface area contributed by atoms with E-state index in [1.807, 2.05) is 0 Å². The minimum atomic E-state index is 0.678. The van der Waals surface area contributed by atoms with Crippen LogP contribution in [-0.4, -0.2) is 24.5 Å². The Kier molecular flexibility index (Phi) is 4.29. The third-order valence-corrected chi connectivity index (χ3v) is 5.33. The van der Waals surface area contributed by atoms with Gasteiger partial charge in [-0.1, -0.05) is 38.5 Å². The molecule has 1 spiro atoms. The van der Waals surface area contributed by atoms with Gasteiger partial charge in [-0.2, -0.15) is 0 Å². The zero-order chi connectivity index (χ0) is 11.4. The number of nitrogens with zero attached hydrogens (tertiary/aromatic N) is 1. The van der Waals surface area contributed by atoms with Crippen LogP contribution in [0.25, 0.3) is 0 Å². The van der Waals surface area contributed by atoms with Crippen LogP contribution in [0.2, 0.25) is 0 Å². The summed E-state index contributed by atoms with van der Waals surface area (Å²) in [6.07, 6.45) is 14.8. The molecule has 0 N–H and O–H groups in total. The zero-order valence-electron chi connectivity index (χ0n) is 11.3. The van der Waals surface area contributed by atoms with E-state index in [9.17, 15) is 0 Å². The van der Waals surface area contributed by atoms with Crippen molar-refractivity contribution in [2.45, 2.75) is 77.2 Å². The van der Waals surface area contributed by atoms with Gasteiger partial charge in [0, 0.05) is 6.04 Å². The first-order valence-electron chi connectivity index (χ1n) is 7.45. The van der Waals surface area contributed by atoms with Gasteiger partial charge in [0.15, 0.2) is 0 Å². The number of piperidine rings is 1. The first kappa shape index (κ1) is 12.4. The van der Waals surface area contributed by atoms with E-state index in [4.69, 9.17) is 0 Å². The van der Waals surface area contributed by atoms with E-state index in [1.165, 1.54) is 70.8 Å². The normalized spacial score (nSPS) is 33.0. The van der Waals surface area contributed by atoms with Crippen molar-refractivity contribution in [1.29, 1.82) is 0 Å². The van der Waals surface area contributed by atoms with Gasteiger partial charge in [0.2, 0.25) is 0 Å². The second-order valence-corrected chi connectivity index (χ2v) is 6.24. The van der Waals surface area contributed by atoms with Gasteiger partial charge in [0.05, 0.1) is 0 Å². The monoisotopic (exact) mass is 223 g/mol. The molecule has 0 aromatic rings. The van der Waals surface area contributed by atoms with Gasteiger partial charge in [-0.25, -0.2) is 0 Å². The smallest absolute Gasteiger partial charge is 0.0120 e. The standard InChI is InChI=1S/C15H29N/c1-14-15(12-9-13-16(14)2)10-7-5-3-4-6-8-11-15/h14H,3-13H2,1-2H3. The Morgan fingerprint density at radius 1 is 0.812 bits per heavy atom. The van der Waals surface area contributed by atoms with Gasteiger partial charge >= 0.3 is 0 Å². The minimum Gasteiger partial charge on any atom is -0.303 e. The Labute approximate surface area is 102 Å². The molecule has 0 amide bonds. The molecule has 2 fully saturated rings. The fraction of sp³-hybridized carbons (Fsp3) is 1.00. The minimum absolute atomic E-state index is 0.678. The van der Waals surface area contributed by atoms with Crippen LogP contribution in [0.4, 0.5) is 0 Å². The highest BCUT2D eigenvalue weighted by molar-refractivity contribution is 4.93. The van der Waals surface area contributed by atoms with Crippen molar-refractivity contribution < 1.29 is 0 Å². The molecule has 1 saturated heterocycles. The summed E-state index contributed by atoms with van der Waals surface area (Å²) in [5.74, 6) is 0. The summed E-state index contributed by atoms with van der Waals surface area (Å²) >= 11 is 0. The lowest BCUT2D eigenvalue weighted by atomic mass is 9.68. The molecule has 1 atom stereocenters. The number of hydrogen-bond acceptors (Lipinski definition) is 1. The average molecular weight is 223 g/mol. The highest BCUT2D eigenvalue weighted by atomic mass is 15.1. The molecule has 2 rings (SSSR count). The molecule has 1 aliphatic heterocycles. The van der Waals surface area contributed by atoms with Crippen LogP contribution in [0, 0.1) is 5.41 Å². The third-order valence-electron chi connectivity index (χ3n) is 5.33. The Bertz CT molecular complexity index is 201. The summed E-state index contributed by atoms with van der Waals surface area (Å²) in [7, 11) is 2.33. The molecule has 1 nitrogen and oxygen atoms in total. The van der Waals surface area contributed by atoms with Crippen molar-refractivity contribution in [1.82, 2.24) is 4.90 Å². The maximum Gasteiger partial charge on any atom is 0.0120 e. The fourth-order valence-corrected chi connectivity index (χ4v) is 4.00. The second kappa shape index (κ2) is 5.53. The molecule has 1 aliphatic carbocycles. The zero-order valence-corrected chi connectivity index (χ0v) is 11.3. The summed E-state index contributed by atoms with van der Waals surface area (Å²) in [5, 5.41) is 0. The Morgan fingerprint density at radius 2 is 1.31 bits per heavy atom. The largest absolute Gasteiger partial charge is 0.303 e. The molecule has 0 aromatic carbocycles. The lowest BCUT2D eigenvalue weighted by Gasteiger charge is -2.48. The summed E-state index contributed by atoms with van der Waals surface area (Å²) in [6.45, 7) is 3.81. The summed E-state index contributed by atoms with van der Waals surface area (Å²) < 4.78 is 0. The van der Waals surface area contributed by atoms with E-state index in [0.717, 1.165) is 6.04 Å². The van der Waals surface area contributed by atoms with Crippen molar-refractivity contribution in [3.05, 3.63) is 0 Å². The van der Waals surface area contributed by atoms with E-state index >= 15 is 0 Å². The van der Waals surface area contributed by atoms with Crippen LogP contribution in [0.15, 0.2) is 0 Å². The highest BCUT2D eigenvalue weighted by Crippen LogP contribution is 2.44. The molecular formula is C15H29N. The molecule has 0 aromatic heterocycles. The van der Waals surface area contributed by atoms with Gasteiger partial charge in [0.1, 0.15) is 0 Å². The predicted octanol–water partition coefficient (Wildman–Crippen LogP) is 4.22. The molecule has 0 radical (unpaired) electrons. The van der Waals surface area contributed by atoms with Crippen molar-refractivity contribution in [2.24, 2.45) is 5.41 Å². The van der Waals surface area contributed by atoms with E-state index in [0.29, 0.717) is 5.41 Å². The first-order valence-corrected chi connectivity index (χ1v) is 7.45. The maximum atomic E-state index is 2.61. The van der Waals surface area contributed by atoms with Crippen LogP contribution >= 0.6 is 0 Å². The van der Waals surface area contributed by atoms with Gasteiger partial charge in [-0.15, -0.1) is 0 Å². The molecule has 2 aliphatic rings. The third kappa shape index (κ3) is 2.61. The lowest BCUT2D eigenvalue weighted by molar-refractivity contribution is 0.0236. The van der Waals surface area contributed by atoms with Crippen LogP contribution in [0.3, 0.4) is 0 Å². The van der Waals surface area contributed by atoms with Crippen molar-refractivity contribution in [2.75, 3.05) is 13.6 Å². The van der Waals surface area contributed by atoms with Gasteiger partial charge in [0.25, 0.3) is 0 Å². The average Bonchev–Trinajstić information content (AvgIpc) is 2.39. The van der Waals surface area contributed by atoms with Gasteiger partial charge < -0.3 is 4.90 Å². The number of hydrogen-bond donors (Lipinski definition) is 0. The summed E-state index contributed by atoms with van der Waals surface area (Å²) in [6, 6.07) is 0.819. The SMILES string of the molecule is CC1N(C)CCCC12CCCCCCCC2. The molecule has 1 unspecified atom stereocenters. The van der Waals surface area contributed by atoms with Crippen LogP contribution in [0.5, 0.6) is 0 Å². The van der Waals surface area contributed by atoms with E-state index in [1.54, 1.807) is 0 Å². The quantitative estimate of drug-likeness (QED) is 0.594. The molecule has 1 heteroatoms. The van der Waals surface area contributed by atoms with Crippen LogP contribution in [-0.2, 0) is 0 Å². The molecule has 1 saturated carbocycles. The summed E-state index contributed by atoms with van der Waals surface area (Å²) in [4.78, 5) is 2.61. The van der Waals surface area contributed by atoms with Crippen molar-refractivity contribution in [3.63, 3.8) is 0 Å². The number of likely N-dealkylation sites (tertiary alicyclic amines) is 1. The molecular weight excluding hydrogens is 194 g/mol.